The second kappa shape index (κ2) is 6.05. The molecule has 0 saturated carbocycles. The predicted molar refractivity (Wildman–Crippen MR) is 80.2 cm³/mol. The molecule has 0 aliphatic heterocycles. The minimum atomic E-state index is -3.54. The molecule has 0 aliphatic rings. The van der Waals surface area contributed by atoms with Gasteiger partial charge in [0.1, 0.15) is 0 Å². The molecule has 0 radical (unpaired) electrons. The molecule has 4 nitrogen and oxygen atoms in total. The average Bonchev–Trinajstić information content (AvgIpc) is 2.79. The van der Waals surface area contributed by atoms with Gasteiger partial charge in [0.15, 0.2) is 0 Å². The summed E-state index contributed by atoms with van der Waals surface area (Å²) in [6.45, 7) is 3.83. The minimum Gasteiger partial charge on any atom is -0.391 e. The Labute approximate surface area is 123 Å². The van der Waals surface area contributed by atoms with E-state index >= 15 is 0 Å². The van der Waals surface area contributed by atoms with E-state index in [0.29, 0.717) is 9.75 Å². The maximum atomic E-state index is 12.3. The van der Waals surface area contributed by atoms with Gasteiger partial charge in [0.05, 0.1) is 11.5 Å². The Morgan fingerprint density at radius 3 is 2.60 bits per heavy atom. The number of benzene rings is 1. The van der Waals surface area contributed by atoms with Gasteiger partial charge in [0.25, 0.3) is 0 Å². The van der Waals surface area contributed by atoms with Crippen molar-refractivity contribution in [1.29, 1.82) is 0 Å². The van der Waals surface area contributed by atoms with Gasteiger partial charge in [-0.25, -0.2) is 13.1 Å². The molecule has 2 rings (SSSR count). The second-order valence-corrected chi connectivity index (χ2v) is 7.68. The summed E-state index contributed by atoms with van der Waals surface area (Å²) in [6.07, 6.45) is 0. The van der Waals surface area contributed by atoms with Gasteiger partial charge in [-0.1, -0.05) is 29.8 Å². The molecule has 0 saturated heterocycles. The lowest BCUT2D eigenvalue weighted by Gasteiger charge is -2.07. The molecule has 6 heteroatoms. The fourth-order valence-electron chi connectivity index (χ4n) is 1.95. The van der Waals surface area contributed by atoms with Gasteiger partial charge in [0, 0.05) is 16.3 Å². The van der Waals surface area contributed by atoms with Gasteiger partial charge in [0.2, 0.25) is 10.0 Å². The molecule has 2 aromatic rings. The zero-order chi connectivity index (χ0) is 14.8. The van der Waals surface area contributed by atoms with Crippen LogP contribution in [0.25, 0.3) is 0 Å². The Hall–Kier alpha value is -1.21. The fraction of sp³-hybridized carbons (Fsp3) is 0.286. The van der Waals surface area contributed by atoms with Crippen LogP contribution in [0.1, 0.15) is 20.9 Å². The van der Waals surface area contributed by atoms with Crippen molar-refractivity contribution in [3.63, 3.8) is 0 Å². The summed E-state index contributed by atoms with van der Waals surface area (Å²) in [7, 11) is -3.54. The fourth-order valence-corrected chi connectivity index (χ4v) is 4.46. The maximum absolute atomic E-state index is 12.3. The molecule has 0 fully saturated rings. The van der Waals surface area contributed by atoms with E-state index in [0.717, 1.165) is 11.1 Å². The number of sulfonamides is 1. The first-order chi connectivity index (χ1) is 9.42. The van der Waals surface area contributed by atoms with E-state index in [2.05, 4.69) is 4.72 Å². The Balaban J connectivity index is 2.17. The third-order valence-electron chi connectivity index (χ3n) is 2.92. The van der Waals surface area contributed by atoms with Crippen LogP contribution in [0.5, 0.6) is 0 Å². The van der Waals surface area contributed by atoms with Crippen molar-refractivity contribution in [1.82, 2.24) is 4.72 Å². The molecule has 0 amide bonds. The summed E-state index contributed by atoms with van der Waals surface area (Å²) in [5, 5.41) is 9.07. The highest BCUT2D eigenvalue weighted by atomic mass is 32.2. The van der Waals surface area contributed by atoms with Crippen molar-refractivity contribution in [3.8, 4) is 0 Å². The first-order valence-corrected chi connectivity index (χ1v) is 8.48. The highest BCUT2D eigenvalue weighted by molar-refractivity contribution is 7.89. The van der Waals surface area contributed by atoms with Crippen molar-refractivity contribution < 1.29 is 13.5 Å². The van der Waals surface area contributed by atoms with E-state index in [4.69, 9.17) is 5.11 Å². The van der Waals surface area contributed by atoms with Crippen LogP contribution < -0.4 is 4.72 Å². The number of aliphatic hydroxyl groups is 1. The number of hydrogen-bond acceptors (Lipinski definition) is 4. The van der Waals surface area contributed by atoms with Crippen molar-refractivity contribution in [2.75, 3.05) is 0 Å². The number of hydrogen-bond donors (Lipinski definition) is 2. The van der Waals surface area contributed by atoms with Gasteiger partial charge in [-0.3, -0.25) is 0 Å². The second-order valence-electron chi connectivity index (χ2n) is 4.60. The monoisotopic (exact) mass is 311 g/mol. The van der Waals surface area contributed by atoms with Crippen LogP contribution >= 0.6 is 11.3 Å². The third-order valence-corrected chi connectivity index (χ3v) is 5.61. The standard InChI is InChI=1S/C14H17NO3S2/c1-10-4-3-5-12(6-10)8-15-20(17,18)14-7-13(9-16)19-11(14)2/h3-7,15-16H,8-9H2,1-2H3. The van der Waals surface area contributed by atoms with Crippen LogP contribution in [0.15, 0.2) is 35.2 Å². The van der Waals surface area contributed by atoms with Gasteiger partial charge >= 0.3 is 0 Å². The first-order valence-electron chi connectivity index (χ1n) is 6.18. The minimum absolute atomic E-state index is 0.140. The van der Waals surface area contributed by atoms with E-state index in [-0.39, 0.29) is 18.0 Å². The lowest BCUT2D eigenvalue weighted by atomic mass is 10.1. The van der Waals surface area contributed by atoms with E-state index in [1.54, 1.807) is 6.92 Å². The summed E-state index contributed by atoms with van der Waals surface area (Å²) in [4.78, 5) is 1.59. The van der Waals surface area contributed by atoms with Crippen molar-refractivity contribution in [2.45, 2.75) is 31.9 Å². The van der Waals surface area contributed by atoms with E-state index in [1.807, 2.05) is 31.2 Å². The predicted octanol–water partition coefficient (Wildman–Crippen LogP) is 2.34. The Morgan fingerprint density at radius 1 is 1.25 bits per heavy atom. The molecule has 1 aromatic heterocycles. The zero-order valence-corrected chi connectivity index (χ0v) is 13.0. The maximum Gasteiger partial charge on any atom is 0.241 e. The Kier molecular flexibility index (Phi) is 4.59. The van der Waals surface area contributed by atoms with Crippen LogP contribution in [-0.2, 0) is 23.2 Å². The summed E-state index contributed by atoms with van der Waals surface area (Å²) >= 11 is 1.30. The lowest BCUT2D eigenvalue weighted by Crippen LogP contribution is -2.23. The van der Waals surface area contributed by atoms with Crippen molar-refractivity contribution >= 4 is 21.4 Å². The number of thiophene rings is 1. The summed E-state index contributed by atoms with van der Waals surface area (Å²) in [6, 6.07) is 9.23. The molecule has 1 aromatic carbocycles. The van der Waals surface area contributed by atoms with Gasteiger partial charge in [-0.05, 0) is 25.5 Å². The highest BCUT2D eigenvalue weighted by Crippen LogP contribution is 2.25. The molecule has 0 unspecified atom stereocenters. The smallest absolute Gasteiger partial charge is 0.241 e. The van der Waals surface area contributed by atoms with Crippen LogP contribution in [-0.4, -0.2) is 13.5 Å². The summed E-state index contributed by atoms with van der Waals surface area (Å²) in [5.41, 5.74) is 2.01. The molecular formula is C14H17NO3S2. The number of aliphatic hydroxyl groups excluding tert-OH is 1. The SMILES string of the molecule is Cc1cccc(CNS(=O)(=O)c2cc(CO)sc2C)c1. The van der Waals surface area contributed by atoms with E-state index in [9.17, 15) is 8.42 Å². The van der Waals surface area contributed by atoms with E-state index < -0.39 is 10.0 Å². The van der Waals surface area contributed by atoms with Crippen LogP contribution in [0, 0.1) is 13.8 Å². The van der Waals surface area contributed by atoms with Crippen molar-refractivity contribution in [2.24, 2.45) is 0 Å². The molecule has 0 atom stereocenters. The van der Waals surface area contributed by atoms with Crippen LogP contribution in [0.3, 0.4) is 0 Å². The normalized spacial score (nSPS) is 11.8. The van der Waals surface area contributed by atoms with Gasteiger partial charge in [-0.2, -0.15) is 0 Å². The zero-order valence-electron chi connectivity index (χ0n) is 11.4. The number of aryl methyl sites for hydroxylation is 2. The van der Waals surface area contributed by atoms with Crippen LogP contribution in [0.4, 0.5) is 0 Å². The third kappa shape index (κ3) is 3.46. The van der Waals surface area contributed by atoms with E-state index in [1.165, 1.54) is 17.4 Å². The Bertz CT molecular complexity index is 705. The summed E-state index contributed by atoms with van der Waals surface area (Å²) in [5.74, 6) is 0. The largest absolute Gasteiger partial charge is 0.391 e. The van der Waals surface area contributed by atoms with Gasteiger partial charge < -0.3 is 5.11 Å². The molecule has 2 N–H and O–H groups in total. The number of rotatable bonds is 5. The topological polar surface area (TPSA) is 66.4 Å². The summed E-state index contributed by atoms with van der Waals surface area (Å²) < 4.78 is 27.1. The highest BCUT2D eigenvalue weighted by Gasteiger charge is 2.19. The molecule has 0 aliphatic carbocycles. The molecule has 0 bridgehead atoms. The quantitative estimate of drug-likeness (QED) is 0.890. The Morgan fingerprint density at radius 2 is 2.00 bits per heavy atom. The van der Waals surface area contributed by atoms with Crippen molar-refractivity contribution in [3.05, 3.63) is 51.2 Å². The molecular weight excluding hydrogens is 294 g/mol. The van der Waals surface area contributed by atoms with Crippen LogP contribution in [0.2, 0.25) is 0 Å². The number of nitrogens with one attached hydrogen (secondary N) is 1. The molecule has 0 spiro atoms. The molecule has 108 valence electrons. The first kappa shape index (κ1) is 15.2. The lowest BCUT2D eigenvalue weighted by molar-refractivity contribution is 0.285. The van der Waals surface area contributed by atoms with Gasteiger partial charge in [-0.15, -0.1) is 11.3 Å². The molecule has 1 heterocycles. The molecule has 20 heavy (non-hydrogen) atoms. The average molecular weight is 311 g/mol.